The highest BCUT2D eigenvalue weighted by Gasteiger charge is 2.30. The maximum absolute atomic E-state index is 14.0. The average molecular weight is 695 g/mol. The topological polar surface area (TPSA) is 200 Å². The van der Waals surface area contributed by atoms with Crippen molar-refractivity contribution < 1.29 is 34.1 Å². The zero-order chi connectivity index (χ0) is 36.8. The van der Waals surface area contributed by atoms with Crippen LogP contribution in [0, 0.1) is 5.82 Å². The number of carboxylic acid groups (broad SMARTS) is 3. The summed E-state index contributed by atoms with van der Waals surface area (Å²) in [6.07, 6.45) is 6.04. The van der Waals surface area contributed by atoms with Crippen molar-refractivity contribution in [3.05, 3.63) is 66.2 Å². The number of hydrogen-bond donors (Lipinski definition) is 5. The number of anilines is 2. The van der Waals surface area contributed by atoms with Gasteiger partial charge in [-0.05, 0) is 50.9 Å². The summed E-state index contributed by atoms with van der Waals surface area (Å²) in [5.74, 6) is -2.26. The minimum atomic E-state index is -0.833. The Morgan fingerprint density at radius 1 is 0.840 bits per heavy atom. The number of nitrogens with one attached hydrogen (secondary N) is 1. The van der Waals surface area contributed by atoms with Crippen molar-refractivity contribution in [2.24, 2.45) is 0 Å². The smallest absolute Gasteiger partial charge is 0.300 e. The predicted octanol–water partition coefficient (Wildman–Crippen LogP) is 4.83. The molecule has 15 heteroatoms. The van der Waals surface area contributed by atoms with Crippen molar-refractivity contribution in [2.75, 3.05) is 44.3 Å². The molecule has 6 N–H and O–H groups in total. The van der Waals surface area contributed by atoms with Crippen molar-refractivity contribution in [3.63, 3.8) is 0 Å². The van der Waals surface area contributed by atoms with Gasteiger partial charge in [0.05, 0.1) is 11.4 Å². The Morgan fingerprint density at radius 3 is 1.94 bits per heavy atom. The number of aromatic nitrogens is 4. The summed E-state index contributed by atoms with van der Waals surface area (Å²) >= 11 is 0. The molecular weight excluding hydrogens is 647 g/mol. The van der Waals surface area contributed by atoms with Crippen molar-refractivity contribution >= 4 is 40.4 Å². The van der Waals surface area contributed by atoms with Gasteiger partial charge in [0.1, 0.15) is 23.7 Å². The Kier molecular flexibility index (Phi) is 15.0. The Bertz CT molecular complexity index is 1660. The summed E-state index contributed by atoms with van der Waals surface area (Å²) in [6, 6.07) is 15.8. The van der Waals surface area contributed by atoms with E-state index in [1.165, 1.54) is 25.2 Å². The molecule has 0 bridgehead atoms. The molecule has 2 fully saturated rings. The van der Waals surface area contributed by atoms with Crippen LogP contribution >= 0.6 is 0 Å². The summed E-state index contributed by atoms with van der Waals surface area (Å²) in [4.78, 5) is 41.0. The molecule has 0 amide bonds. The van der Waals surface area contributed by atoms with Gasteiger partial charge < -0.3 is 31.3 Å². The lowest BCUT2D eigenvalue weighted by Gasteiger charge is -2.41. The molecular formula is C35H47FN8O6. The van der Waals surface area contributed by atoms with Crippen molar-refractivity contribution in [2.45, 2.75) is 65.1 Å². The van der Waals surface area contributed by atoms with Gasteiger partial charge in [0, 0.05) is 76.4 Å². The van der Waals surface area contributed by atoms with Crippen LogP contribution in [0.15, 0.2) is 54.9 Å². The fourth-order valence-corrected chi connectivity index (χ4v) is 5.89. The van der Waals surface area contributed by atoms with Crippen molar-refractivity contribution in [1.29, 1.82) is 0 Å². The number of nitrogen functional groups attached to an aromatic ring is 1. The second-order valence-electron chi connectivity index (χ2n) is 12.1. The third kappa shape index (κ3) is 12.1. The van der Waals surface area contributed by atoms with Gasteiger partial charge in [-0.2, -0.15) is 5.10 Å². The van der Waals surface area contributed by atoms with E-state index in [9.17, 15) is 4.39 Å². The van der Waals surface area contributed by atoms with E-state index in [-0.39, 0.29) is 5.82 Å². The molecule has 2 aromatic carbocycles. The van der Waals surface area contributed by atoms with Crippen molar-refractivity contribution in [1.82, 2.24) is 29.5 Å². The zero-order valence-electron chi connectivity index (χ0n) is 28.9. The second-order valence-corrected chi connectivity index (χ2v) is 12.1. The quantitative estimate of drug-likeness (QED) is 0.184. The van der Waals surface area contributed by atoms with Gasteiger partial charge in [-0.25, -0.2) is 19.0 Å². The van der Waals surface area contributed by atoms with E-state index in [0.717, 1.165) is 87.8 Å². The summed E-state index contributed by atoms with van der Waals surface area (Å²) in [6.45, 7) is 8.30. The first kappa shape index (κ1) is 39.3. The van der Waals surface area contributed by atoms with E-state index in [0.29, 0.717) is 30.0 Å². The van der Waals surface area contributed by atoms with E-state index in [4.69, 9.17) is 40.5 Å². The number of likely N-dealkylation sites (N-methyl/N-ethyl adjacent to an activating group) is 1. The minimum absolute atomic E-state index is 0.207. The summed E-state index contributed by atoms with van der Waals surface area (Å²) in [5, 5.41) is 31.4. The molecule has 50 heavy (non-hydrogen) atoms. The number of carbonyl (C=O) groups is 3. The van der Waals surface area contributed by atoms with Crippen LogP contribution in [0.4, 0.5) is 15.9 Å². The Hall–Kier alpha value is -5.15. The fraction of sp³-hybridized carbons (Fsp3) is 0.429. The third-order valence-corrected chi connectivity index (χ3v) is 8.18. The highest BCUT2D eigenvalue weighted by Crippen LogP contribution is 2.37. The standard InChI is InChI=1S/C29H35FN8.3C2H4O2/c1-36-14-16-37(17-15-36)23-10-12-24(13-11-23)38-29-26(28(31)33-19-34-29)27(35-38)20-6-8-22(9-7-20)32-18-21-4-2-3-5-25(21)30;3*1-2(3)4/h2-9,19,23-24,32H,10-18H2,1H3,(H2,31,33,34);3*1H3,(H,3,4). The Morgan fingerprint density at radius 2 is 1.38 bits per heavy atom. The summed E-state index contributed by atoms with van der Waals surface area (Å²) in [5.41, 5.74) is 10.5. The minimum Gasteiger partial charge on any atom is -0.481 e. The molecule has 1 aliphatic heterocycles. The van der Waals surface area contributed by atoms with E-state index in [1.54, 1.807) is 12.1 Å². The number of nitrogens with zero attached hydrogens (tertiary/aromatic N) is 6. The number of benzene rings is 2. The van der Waals surface area contributed by atoms with Crippen LogP contribution in [-0.4, -0.2) is 102 Å². The third-order valence-electron chi connectivity index (χ3n) is 8.18. The molecule has 0 radical (unpaired) electrons. The van der Waals surface area contributed by atoms with Gasteiger partial charge in [-0.3, -0.25) is 19.3 Å². The summed E-state index contributed by atoms with van der Waals surface area (Å²) in [7, 11) is 2.21. The Labute approximate surface area is 290 Å². The molecule has 1 saturated heterocycles. The zero-order valence-corrected chi connectivity index (χ0v) is 28.9. The molecule has 14 nitrogen and oxygen atoms in total. The Balaban J connectivity index is 0.000000491. The van der Waals surface area contributed by atoms with E-state index >= 15 is 0 Å². The lowest BCUT2D eigenvalue weighted by atomic mass is 9.90. The van der Waals surface area contributed by atoms with Crippen LogP contribution < -0.4 is 11.1 Å². The predicted molar refractivity (Wildman–Crippen MR) is 189 cm³/mol. The maximum atomic E-state index is 14.0. The largest absolute Gasteiger partial charge is 0.481 e. The number of halogens is 1. The van der Waals surface area contributed by atoms with Crippen LogP contribution in [0.25, 0.3) is 22.3 Å². The summed E-state index contributed by atoms with van der Waals surface area (Å²) < 4.78 is 16.1. The number of aliphatic carboxylic acids is 3. The van der Waals surface area contributed by atoms with Crippen LogP contribution in [0.5, 0.6) is 0 Å². The molecule has 0 spiro atoms. The van der Waals surface area contributed by atoms with Crippen LogP contribution in [0.3, 0.4) is 0 Å². The normalized spacial score (nSPS) is 17.5. The van der Waals surface area contributed by atoms with E-state index in [1.807, 2.05) is 30.3 Å². The number of hydrogen-bond acceptors (Lipinski definition) is 10. The monoisotopic (exact) mass is 694 g/mol. The van der Waals surface area contributed by atoms with Gasteiger partial charge in [-0.15, -0.1) is 0 Å². The lowest BCUT2D eigenvalue weighted by Crippen LogP contribution is -2.49. The first-order valence-corrected chi connectivity index (χ1v) is 16.3. The molecule has 2 aliphatic rings. The van der Waals surface area contributed by atoms with E-state index < -0.39 is 17.9 Å². The fourth-order valence-electron chi connectivity index (χ4n) is 5.89. The molecule has 2 aromatic heterocycles. The highest BCUT2D eigenvalue weighted by atomic mass is 19.1. The molecule has 0 unspecified atom stereocenters. The average Bonchev–Trinajstić information content (AvgIpc) is 3.45. The molecule has 1 aliphatic carbocycles. The van der Waals surface area contributed by atoms with Crippen molar-refractivity contribution in [3.8, 4) is 11.3 Å². The number of piperazine rings is 1. The lowest BCUT2D eigenvalue weighted by molar-refractivity contribution is -0.135. The maximum Gasteiger partial charge on any atom is 0.300 e. The van der Waals surface area contributed by atoms with E-state index in [2.05, 4.69) is 36.8 Å². The van der Waals surface area contributed by atoms with Gasteiger partial charge >= 0.3 is 0 Å². The van der Waals surface area contributed by atoms with Crippen LogP contribution in [0.2, 0.25) is 0 Å². The number of fused-ring (bicyclic) bond motifs is 1. The molecule has 0 atom stereocenters. The van der Waals surface area contributed by atoms with Gasteiger partial charge in [-0.1, -0.05) is 30.3 Å². The number of nitrogens with two attached hydrogens (primary N) is 1. The number of carboxylic acids is 3. The molecule has 1 saturated carbocycles. The van der Waals surface area contributed by atoms with Crippen LogP contribution in [0.1, 0.15) is 58.1 Å². The molecule has 4 aromatic rings. The first-order valence-electron chi connectivity index (χ1n) is 16.3. The van der Waals surface area contributed by atoms with Gasteiger partial charge in [0.25, 0.3) is 17.9 Å². The van der Waals surface area contributed by atoms with Gasteiger partial charge in [0.15, 0.2) is 5.65 Å². The number of rotatable bonds is 6. The SMILES string of the molecule is CC(=O)O.CC(=O)O.CC(=O)O.CN1CCN(C2CCC(n3nc(-c4ccc(NCc5ccccc5F)cc4)c4c(N)ncnc43)CC2)CC1. The highest BCUT2D eigenvalue weighted by molar-refractivity contribution is 5.98. The van der Waals surface area contributed by atoms with Crippen LogP contribution in [-0.2, 0) is 20.9 Å². The first-order chi connectivity index (χ1) is 23.8. The molecule has 3 heterocycles. The molecule has 270 valence electrons. The second kappa shape index (κ2) is 19.1. The van der Waals surface area contributed by atoms with Gasteiger partial charge in [0.2, 0.25) is 0 Å². The molecule has 6 rings (SSSR count).